The minimum Gasteiger partial charge on any atom is -0.293 e. The normalized spacial score (nSPS) is 13.0. The molecule has 5 nitrogen and oxygen atoms in total. The first-order valence-corrected chi connectivity index (χ1v) is 9.76. The van der Waals surface area contributed by atoms with Crippen molar-refractivity contribution in [2.45, 2.75) is 22.1 Å². The Morgan fingerprint density at radius 3 is 2.50 bits per heavy atom. The molecule has 0 saturated heterocycles. The Hall–Kier alpha value is -1.41. The summed E-state index contributed by atoms with van der Waals surface area (Å²) in [6.45, 7) is 1.78. The molecule has 0 aliphatic carbocycles. The Kier molecular flexibility index (Phi) is 6.03. The molecule has 0 spiro atoms. The van der Waals surface area contributed by atoms with E-state index >= 15 is 0 Å². The molecule has 128 valence electrons. The van der Waals surface area contributed by atoms with Gasteiger partial charge in [-0.05, 0) is 31.2 Å². The van der Waals surface area contributed by atoms with Gasteiger partial charge in [-0.25, -0.2) is 17.7 Å². The molecule has 24 heavy (non-hydrogen) atoms. The van der Waals surface area contributed by atoms with E-state index in [2.05, 4.69) is 4.98 Å². The highest BCUT2D eigenvalue weighted by atomic mass is 35.5. The Morgan fingerprint density at radius 1 is 1.25 bits per heavy atom. The summed E-state index contributed by atoms with van der Waals surface area (Å²) in [5, 5.41) is 0.720. The van der Waals surface area contributed by atoms with Crippen LogP contribution in [0.25, 0.3) is 0 Å². The van der Waals surface area contributed by atoms with Crippen LogP contribution in [-0.4, -0.2) is 42.8 Å². The smallest absolute Gasteiger partial charge is 0.244 e. The predicted molar refractivity (Wildman–Crippen MR) is 96.2 cm³/mol. The van der Waals surface area contributed by atoms with E-state index < -0.39 is 10.0 Å². The van der Waals surface area contributed by atoms with E-state index in [0.717, 1.165) is 4.31 Å². The lowest BCUT2D eigenvalue weighted by Gasteiger charge is -2.12. The van der Waals surface area contributed by atoms with Crippen molar-refractivity contribution in [1.82, 2.24) is 9.29 Å². The molecule has 0 amide bonds. The highest BCUT2D eigenvalue weighted by molar-refractivity contribution is 8.00. The van der Waals surface area contributed by atoms with E-state index in [1.54, 1.807) is 37.3 Å². The fourth-order valence-electron chi connectivity index (χ4n) is 1.91. The predicted octanol–water partition coefficient (Wildman–Crippen LogP) is 3.35. The Labute approximate surface area is 151 Å². The van der Waals surface area contributed by atoms with E-state index in [4.69, 9.17) is 11.6 Å². The van der Waals surface area contributed by atoms with Crippen molar-refractivity contribution in [2.75, 3.05) is 14.1 Å². The number of hydrogen-bond donors (Lipinski definition) is 0. The molecule has 1 aromatic carbocycles. The second-order valence-electron chi connectivity index (χ2n) is 5.25. The monoisotopic (exact) mass is 384 g/mol. The molecule has 0 N–H and O–H groups in total. The number of ketones is 1. The number of Topliss-reactive ketones (excluding diaryl/α,β-unsaturated/α-hetero) is 1. The molecule has 0 saturated carbocycles. The minimum absolute atomic E-state index is 0.0608. The molecule has 1 atom stereocenters. The maximum atomic E-state index is 12.4. The molecule has 2 rings (SSSR count). The number of pyridine rings is 1. The number of aromatic nitrogens is 1. The summed E-state index contributed by atoms with van der Waals surface area (Å²) < 4.78 is 25.1. The highest BCUT2D eigenvalue weighted by Crippen LogP contribution is 2.25. The van der Waals surface area contributed by atoms with E-state index in [9.17, 15) is 13.2 Å². The Balaban J connectivity index is 2.12. The van der Waals surface area contributed by atoms with Gasteiger partial charge in [0.1, 0.15) is 4.90 Å². The summed E-state index contributed by atoms with van der Waals surface area (Å²) >= 11 is 7.18. The van der Waals surface area contributed by atoms with Crippen molar-refractivity contribution in [3.8, 4) is 0 Å². The lowest BCUT2D eigenvalue weighted by atomic mass is 10.1. The quantitative estimate of drug-likeness (QED) is 0.564. The van der Waals surface area contributed by atoms with Crippen LogP contribution >= 0.6 is 23.4 Å². The number of sulfonamides is 1. The summed E-state index contributed by atoms with van der Waals surface area (Å²) in [5.74, 6) is -0.0608. The average molecular weight is 385 g/mol. The van der Waals surface area contributed by atoms with Crippen LogP contribution in [0.3, 0.4) is 0 Å². The van der Waals surface area contributed by atoms with Gasteiger partial charge in [-0.2, -0.15) is 0 Å². The zero-order chi connectivity index (χ0) is 17.9. The van der Waals surface area contributed by atoms with E-state index in [0.29, 0.717) is 15.6 Å². The maximum absolute atomic E-state index is 12.4. The average Bonchev–Trinajstić information content (AvgIpc) is 2.54. The first-order valence-electron chi connectivity index (χ1n) is 7.07. The van der Waals surface area contributed by atoms with Gasteiger partial charge in [-0.15, -0.1) is 0 Å². The van der Waals surface area contributed by atoms with Gasteiger partial charge in [-0.3, -0.25) is 4.79 Å². The van der Waals surface area contributed by atoms with E-state index in [1.165, 1.54) is 38.1 Å². The van der Waals surface area contributed by atoms with Crippen molar-refractivity contribution in [3.05, 3.63) is 53.2 Å². The number of carbonyl (C=O) groups excluding carboxylic acids is 1. The molecule has 0 radical (unpaired) electrons. The summed E-state index contributed by atoms with van der Waals surface area (Å²) in [4.78, 5) is 16.7. The number of carbonyl (C=O) groups is 1. The molecule has 2 aromatic rings. The number of nitrogens with zero attached hydrogens (tertiary/aromatic N) is 2. The molecule has 0 aliphatic heterocycles. The van der Waals surface area contributed by atoms with E-state index in [1.807, 2.05) is 0 Å². The van der Waals surface area contributed by atoms with Gasteiger partial charge >= 0.3 is 0 Å². The molecule has 0 unspecified atom stereocenters. The second-order valence-corrected chi connectivity index (χ2v) is 9.20. The number of benzene rings is 1. The highest BCUT2D eigenvalue weighted by Gasteiger charge is 2.20. The molecular weight excluding hydrogens is 368 g/mol. The molecule has 1 aromatic heterocycles. The second kappa shape index (κ2) is 7.65. The SMILES string of the molecule is C[C@@H](Sc1ccc(S(=O)(=O)N(C)C)cn1)C(=O)c1cccc(Cl)c1. The topological polar surface area (TPSA) is 67.3 Å². The zero-order valence-corrected chi connectivity index (χ0v) is 15.8. The van der Waals surface area contributed by atoms with Gasteiger partial charge in [0.15, 0.2) is 5.78 Å². The van der Waals surface area contributed by atoms with Crippen molar-refractivity contribution in [2.24, 2.45) is 0 Å². The van der Waals surface area contributed by atoms with Gasteiger partial charge in [0, 0.05) is 30.9 Å². The van der Waals surface area contributed by atoms with Gasteiger partial charge in [0.25, 0.3) is 0 Å². The van der Waals surface area contributed by atoms with Crippen molar-refractivity contribution in [1.29, 1.82) is 0 Å². The summed E-state index contributed by atoms with van der Waals surface area (Å²) in [6.07, 6.45) is 1.30. The number of thioether (sulfide) groups is 1. The lowest BCUT2D eigenvalue weighted by Crippen LogP contribution is -2.22. The molecule has 0 fully saturated rings. The third-order valence-electron chi connectivity index (χ3n) is 3.26. The number of rotatable bonds is 6. The van der Waals surface area contributed by atoms with Crippen molar-refractivity contribution >= 4 is 39.2 Å². The summed E-state index contributed by atoms with van der Waals surface area (Å²) in [5.41, 5.74) is 0.536. The third kappa shape index (κ3) is 4.36. The third-order valence-corrected chi connectivity index (χ3v) is 6.35. The van der Waals surface area contributed by atoms with Crippen LogP contribution in [0.1, 0.15) is 17.3 Å². The summed E-state index contributed by atoms with van der Waals surface area (Å²) in [7, 11) is -0.582. The van der Waals surface area contributed by atoms with Crippen LogP contribution in [0.5, 0.6) is 0 Å². The van der Waals surface area contributed by atoms with E-state index in [-0.39, 0.29) is 15.9 Å². The fourth-order valence-corrected chi connectivity index (χ4v) is 3.81. The van der Waals surface area contributed by atoms with Crippen LogP contribution in [-0.2, 0) is 10.0 Å². The standard InChI is InChI=1S/C16H17ClN2O3S2/c1-11(16(20)12-5-4-6-13(17)9-12)23-15-8-7-14(10-18-15)24(21,22)19(2)3/h4-11H,1-3H3/t11-/m1/s1. The first-order chi connectivity index (χ1) is 11.2. The lowest BCUT2D eigenvalue weighted by molar-refractivity contribution is 0.0994. The Bertz CT molecular complexity index is 837. The Morgan fingerprint density at radius 2 is 1.96 bits per heavy atom. The van der Waals surface area contributed by atoms with Crippen LogP contribution in [0, 0.1) is 0 Å². The van der Waals surface area contributed by atoms with Gasteiger partial charge in [0.05, 0.1) is 10.3 Å². The minimum atomic E-state index is -3.51. The zero-order valence-electron chi connectivity index (χ0n) is 13.4. The van der Waals surface area contributed by atoms with Crippen LogP contribution in [0.15, 0.2) is 52.5 Å². The molecular formula is C16H17ClN2O3S2. The largest absolute Gasteiger partial charge is 0.293 e. The van der Waals surface area contributed by atoms with Gasteiger partial charge in [-0.1, -0.05) is 35.5 Å². The molecule has 0 aliphatic rings. The fraction of sp³-hybridized carbons (Fsp3) is 0.250. The summed E-state index contributed by atoms with van der Waals surface area (Å²) in [6, 6.07) is 9.87. The van der Waals surface area contributed by atoms with Gasteiger partial charge < -0.3 is 0 Å². The van der Waals surface area contributed by atoms with Crippen LogP contribution in [0.2, 0.25) is 5.02 Å². The van der Waals surface area contributed by atoms with Crippen molar-refractivity contribution < 1.29 is 13.2 Å². The molecule has 1 heterocycles. The molecule has 8 heteroatoms. The maximum Gasteiger partial charge on any atom is 0.244 e. The molecule has 0 bridgehead atoms. The first kappa shape index (κ1) is 18.9. The number of hydrogen-bond acceptors (Lipinski definition) is 5. The van der Waals surface area contributed by atoms with Crippen LogP contribution in [0.4, 0.5) is 0 Å². The van der Waals surface area contributed by atoms with Crippen molar-refractivity contribution in [3.63, 3.8) is 0 Å². The van der Waals surface area contributed by atoms with Crippen LogP contribution < -0.4 is 0 Å². The number of halogens is 1. The van der Waals surface area contributed by atoms with Gasteiger partial charge in [0.2, 0.25) is 10.0 Å².